The van der Waals surface area contributed by atoms with E-state index in [0.29, 0.717) is 12.4 Å². The minimum Gasteiger partial charge on any atom is -0.490 e. The quantitative estimate of drug-likeness (QED) is 0.729. The van der Waals surface area contributed by atoms with Crippen molar-refractivity contribution in [2.24, 2.45) is 0 Å². The van der Waals surface area contributed by atoms with E-state index >= 15 is 0 Å². The molecule has 2 aromatic rings. The number of nitrogens with one attached hydrogen (secondary N) is 1. The number of carbonyl (C=O) groups excluding carboxylic acids is 1. The van der Waals surface area contributed by atoms with Crippen molar-refractivity contribution in [3.8, 4) is 5.75 Å². The van der Waals surface area contributed by atoms with E-state index in [0.717, 1.165) is 17.2 Å². The molecule has 0 aliphatic heterocycles. The van der Waals surface area contributed by atoms with Crippen LogP contribution in [0.2, 0.25) is 0 Å². The zero-order valence-electron chi connectivity index (χ0n) is 13.2. The van der Waals surface area contributed by atoms with Crippen LogP contribution in [-0.2, 0) is 10.5 Å². The molecular formula is C19H21NO2S. The topological polar surface area (TPSA) is 38.3 Å². The molecule has 1 N–H and O–H groups in total. The Bertz CT molecular complexity index is 635. The highest BCUT2D eigenvalue weighted by molar-refractivity contribution is 7.99. The summed E-state index contributed by atoms with van der Waals surface area (Å²) < 4.78 is 5.40. The van der Waals surface area contributed by atoms with Crippen LogP contribution in [0.4, 0.5) is 5.69 Å². The van der Waals surface area contributed by atoms with Gasteiger partial charge in [0.1, 0.15) is 12.4 Å². The highest BCUT2D eigenvalue weighted by atomic mass is 32.2. The maximum absolute atomic E-state index is 11.9. The van der Waals surface area contributed by atoms with Gasteiger partial charge in [0.25, 0.3) is 0 Å². The number of carbonyl (C=O) groups is 1. The molecule has 0 heterocycles. The maximum Gasteiger partial charge on any atom is 0.234 e. The number of aryl methyl sites for hydroxylation is 1. The van der Waals surface area contributed by atoms with Crippen molar-refractivity contribution in [2.45, 2.75) is 12.7 Å². The van der Waals surface area contributed by atoms with Crippen LogP contribution in [0, 0.1) is 6.92 Å². The number of ether oxygens (including phenoxy) is 1. The third kappa shape index (κ3) is 6.20. The van der Waals surface area contributed by atoms with E-state index in [1.165, 1.54) is 11.1 Å². The third-order valence-corrected chi connectivity index (χ3v) is 4.13. The number of hydrogen-bond donors (Lipinski definition) is 1. The van der Waals surface area contributed by atoms with Gasteiger partial charge in [-0.3, -0.25) is 4.79 Å². The van der Waals surface area contributed by atoms with E-state index < -0.39 is 0 Å². The molecule has 0 unspecified atom stereocenters. The fraction of sp³-hybridized carbons (Fsp3) is 0.211. The zero-order chi connectivity index (χ0) is 16.5. The smallest absolute Gasteiger partial charge is 0.234 e. The van der Waals surface area contributed by atoms with Crippen molar-refractivity contribution in [2.75, 3.05) is 17.7 Å². The first-order chi connectivity index (χ1) is 11.2. The molecule has 0 aliphatic rings. The molecule has 3 nitrogen and oxygen atoms in total. The monoisotopic (exact) mass is 327 g/mol. The second kappa shape index (κ2) is 9.06. The van der Waals surface area contributed by atoms with Gasteiger partial charge in [-0.05, 0) is 36.8 Å². The molecule has 0 saturated carbocycles. The van der Waals surface area contributed by atoms with Crippen molar-refractivity contribution >= 4 is 23.4 Å². The number of thioether (sulfide) groups is 1. The number of anilines is 1. The summed E-state index contributed by atoms with van der Waals surface area (Å²) in [4.78, 5) is 11.9. The standard InChI is InChI=1S/C19H21NO2S/c1-3-12-22-18-10-8-17(9-11-18)20-19(21)14-23-13-16-6-4-15(2)5-7-16/h3-11H,1,12-14H2,2H3,(H,20,21). The molecule has 0 aromatic heterocycles. The van der Waals surface area contributed by atoms with Crippen LogP contribution in [0.1, 0.15) is 11.1 Å². The van der Waals surface area contributed by atoms with Gasteiger partial charge in [-0.25, -0.2) is 0 Å². The summed E-state index contributed by atoms with van der Waals surface area (Å²) in [6.07, 6.45) is 1.70. The number of hydrogen-bond acceptors (Lipinski definition) is 3. The van der Waals surface area contributed by atoms with Crippen molar-refractivity contribution in [3.05, 3.63) is 72.3 Å². The van der Waals surface area contributed by atoms with Gasteiger partial charge in [0.15, 0.2) is 0 Å². The first-order valence-electron chi connectivity index (χ1n) is 7.44. The van der Waals surface area contributed by atoms with Crippen LogP contribution in [0.5, 0.6) is 5.75 Å². The molecular weight excluding hydrogens is 306 g/mol. The van der Waals surface area contributed by atoms with E-state index in [9.17, 15) is 4.79 Å². The van der Waals surface area contributed by atoms with Crippen LogP contribution < -0.4 is 10.1 Å². The molecule has 0 fully saturated rings. The summed E-state index contributed by atoms with van der Waals surface area (Å²) >= 11 is 1.61. The molecule has 0 bridgehead atoms. The molecule has 2 rings (SSSR count). The van der Waals surface area contributed by atoms with Gasteiger partial charge in [0.2, 0.25) is 5.91 Å². The van der Waals surface area contributed by atoms with E-state index in [1.54, 1.807) is 17.8 Å². The van der Waals surface area contributed by atoms with E-state index in [-0.39, 0.29) is 5.91 Å². The Labute approximate surface area is 141 Å². The van der Waals surface area contributed by atoms with E-state index in [4.69, 9.17) is 4.74 Å². The molecule has 0 spiro atoms. The fourth-order valence-corrected chi connectivity index (χ4v) is 2.72. The predicted octanol–water partition coefficient (Wildman–Crippen LogP) is 4.43. The Balaban J connectivity index is 1.73. The van der Waals surface area contributed by atoms with Crippen molar-refractivity contribution < 1.29 is 9.53 Å². The Morgan fingerprint density at radius 2 is 1.87 bits per heavy atom. The van der Waals surface area contributed by atoms with Gasteiger partial charge < -0.3 is 10.1 Å². The van der Waals surface area contributed by atoms with Crippen LogP contribution in [-0.4, -0.2) is 18.3 Å². The number of amides is 1. The molecule has 2 aromatic carbocycles. The van der Waals surface area contributed by atoms with Crippen LogP contribution in [0.3, 0.4) is 0 Å². The molecule has 120 valence electrons. The van der Waals surface area contributed by atoms with Gasteiger partial charge in [-0.1, -0.05) is 42.5 Å². The van der Waals surface area contributed by atoms with Crippen LogP contribution >= 0.6 is 11.8 Å². The Morgan fingerprint density at radius 3 is 2.52 bits per heavy atom. The van der Waals surface area contributed by atoms with Crippen LogP contribution in [0.15, 0.2) is 61.2 Å². The molecule has 0 atom stereocenters. The molecule has 0 radical (unpaired) electrons. The first-order valence-corrected chi connectivity index (χ1v) is 8.60. The zero-order valence-corrected chi connectivity index (χ0v) is 14.1. The summed E-state index contributed by atoms with van der Waals surface area (Å²) in [6.45, 7) is 6.14. The van der Waals surface area contributed by atoms with Gasteiger partial charge in [-0.15, -0.1) is 11.8 Å². The average molecular weight is 327 g/mol. The predicted molar refractivity (Wildman–Crippen MR) is 98.1 cm³/mol. The van der Waals surface area contributed by atoms with E-state index in [2.05, 4.69) is 43.1 Å². The second-order valence-corrected chi connectivity index (χ2v) is 6.14. The van der Waals surface area contributed by atoms with Gasteiger partial charge in [0.05, 0.1) is 5.75 Å². The lowest BCUT2D eigenvalue weighted by atomic mass is 10.2. The highest BCUT2D eigenvalue weighted by Gasteiger charge is 2.03. The summed E-state index contributed by atoms with van der Waals surface area (Å²) in [5.74, 6) is 2.03. The Morgan fingerprint density at radius 1 is 1.17 bits per heavy atom. The van der Waals surface area contributed by atoms with Crippen LogP contribution in [0.25, 0.3) is 0 Å². The summed E-state index contributed by atoms with van der Waals surface area (Å²) in [7, 11) is 0. The van der Waals surface area contributed by atoms with Crippen molar-refractivity contribution in [1.82, 2.24) is 0 Å². The van der Waals surface area contributed by atoms with Gasteiger partial charge >= 0.3 is 0 Å². The minimum atomic E-state index is 0.00173. The lowest BCUT2D eigenvalue weighted by molar-refractivity contribution is -0.113. The van der Waals surface area contributed by atoms with Gasteiger partial charge in [-0.2, -0.15) is 0 Å². The third-order valence-electron chi connectivity index (χ3n) is 3.13. The first kappa shape index (κ1) is 17.2. The molecule has 0 aliphatic carbocycles. The largest absolute Gasteiger partial charge is 0.490 e. The number of benzene rings is 2. The molecule has 1 amide bonds. The fourth-order valence-electron chi connectivity index (χ4n) is 1.93. The average Bonchev–Trinajstić information content (AvgIpc) is 2.56. The molecule has 4 heteroatoms. The lowest BCUT2D eigenvalue weighted by Gasteiger charge is -2.07. The lowest BCUT2D eigenvalue weighted by Crippen LogP contribution is -2.14. The minimum absolute atomic E-state index is 0.00173. The normalized spacial score (nSPS) is 10.1. The maximum atomic E-state index is 11.9. The van der Waals surface area contributed by atoms with Gasteiger partial charge in [0, 0.05) is 11.4 Å². The molecule has 23 heavy (non-hydrogen) atoms. The van der Waals surface area contributed by atoms with E-state index in [1.807, 2.05) is 24.3 Å². The highest BCUT2D eigenvalue weighted by Crippen LogP contribution is 2.17. The van der Waals surface area contributed by atoms with Crippen molar-refractivity contribution in [1.29, 1.82) is 0 Å². The summed E-state index contributed by atoms with van der Waals surface area (Å²) in [6, 6.07) is 15.7. The van der Waals surface area contributed by atoms with Crippen molar-refractivity contribution in [3.63, 3.8) is 0 Å². The Hall–Kier alpha value is -2.20. The molecule has 0 saturated heterocycles. The summed E-state index contributed by atoms with van der Waals surface area (Å²) in [5.41, 5.74) is 3.26. The SMILES string of the molecule is C=CCOc1ccc(NC(=O)CSCc2ccc(C)cc2)cc1. The number of rotatable bonds is 8. The summed E-state index contributed by atoms with van der Waals surface area (Å²) in [5, 5.41) is 2.89. The Kier molecular flexibility index (Phi) is 6.76. The second-order valence-electron chi connectivity index (χ2n) is 5.15.